The molecular weight excluding hydrogens is 160 g/mol. The van der Waals surface area contributed by atoms with Crippen LogP contribution in [0.25, 0.3) is 0 Å². The van der Waals surface area contributed by atoms with Crippen LogP contribution in [0.4, 0.5) is 0 Å². The number of nitrogens with one attached hydrogen (secondary N) is 2. The Bertz CT molecular complexity index is 187. The van der Waals surface area contributed by atoms with E-state index in [1.165, 1.54) is 0 Å². The first-order valence-corrected chi connectivity index (χ1v) is 3.90. The van der Waals surface area contributed by atoms with Crippen LogP contribution in [0.3, 0.4) is 0 Å². The minimum absolute atomic E-state index is 0.0515. The van der Waals surface area contributed by atoms with E-state index in [4.69, 9.17) is 5.11 Å². The van der Waals surface area contributed by atoms with Crippen molar-refractivity contribution in [1.29, 1.82) is 0 Å². The van der Waals surface area contributed by atoms with Gasteiger partial charge < -0.3 is 15.7 Å². The minimum Gasteiger partial charge on any atom is -0.480 e. The number of aliphatic carboxylic acids is 1. The lowest BCUT2D eigenvalue weighted by atomic mass is 10.1. The second kappa shape index (κ2) is 4.06. The molecule has 12 heavy (non-hydrogen) atoms. The van der Waals surface area contributed by atoms with Gasteiger partial charge in [-0.05, 0) is 13.0 Å². The van der Waals surface area contributed by atoms with Gasteiger partial charge in [-0.25, -0.2) is 0 Å². The highest BCUT2D eigenvalue weighted by molar-refractivity contribution is 5.83. The molecule has 0 aromatic heterocycles. The first kappa shape index (κ1) is 8.99. The number of rotatable bonds is 3. The van der Waals surface area contributed by atoms with E-state index in [1.807, 2.05) is 0 Å². The maximum atomic E-state index is 11.1. The molecule has 1 amide bonds. The molecule has 0 aromatic rings. The van der Waals surface area contributed by atoms with Crippen LogP contribution in [0.2, 0.25) is 0 Å². The third-order valence-electron chi connectivity index (χ3n) is 1.84. The second-order valence-electron chi connectivity index (χ2n) is 2.80. The minimum atomic E-state index is -1.01. The summed E-state index contributed by atoms with van der Waals surface area (Å²) in [5.41, 5.74) is 0. The lowest BCUT2D eigenvalue weighted by Gasteiger charge is -2.06. The monoisotopic (exact) mass is 172 g/mol. The lowest BCUT2D eigenvalue weighted by Crippen LogP contribution is -2.35. The molecule has 0 spiro atoms. The maximum Gasteiger partial charge on any atom is 0.322 e. The number of hydrogen-bond acceptors (Lipinski definition) is 3. The van der Waals surface area contributed by atoms with E-state index < -0.39 is 5.97 Å². The van der Waals surface area contributed by atoms with Crippen molar-refractivity contribution in [2.24, 2.45) is 5.92 Å². The highest BCUT2D eigenvalue weighted by atomic mass is 16.4. The topological polar surface area (TPSA) is 78.4 Å². The Kier molecular flexibility index (Phi) is 3.04. The van der Waals surface area contributed by atoms with E-state index in [0.717, 1.165) is 13.0 Å². The van der Waals surface area contributed by atoms with Crippen LogP contribution in [-0.2, 0) is 9.59 Å². The SMILES string of the molecule is O=C(O)CNC(=O)C1CCNC1. The molecule has 0 radical (unpaired) electrons. The summed E-state index contributed by atoms with van der Waals surface area (Å²) < 4.78 is 0. The van der Waals surface area contributed by atoms with Crippen molar-refractivity contribution in [3.05, 3.63) is 0 Å². The molecule has 68 valence electrons. The number of carboxylic acid groups (broad SMARTS) is 1. The van der Waals surface area contributed by atoms with Gasteiger partial charge >= 0.3 is 5.97 Å². The van der Waals surface area contributed by atoms with Crippen molar-refractivity contribution in [1.82, 2.24) is 10.6 Å². The van der Waals surface area contributed by atoms with Crippen LogP contribution in [0.15, 0.2) is 0 Å². The summed E-state index contributed by atoms with van der Waals surface area (Å²) in [6, 6.07) is 0. The summed E-state index contributed by atoms with van der Waals surface area (Å²) in [5.74, 6) is -1.22. The predicted molar refractivity (Wildman–Crippen MR) is 41.6 cm³/mol. The molecule has 0 bridgehead atoms. The Balaban J connectivity index is 2.23. The van der Waals surface area contributed by atoms with Gasteiger partial charge in [0, 0.05) is 6.54 Å². The molecule has 3 N–H and O–H groups in total. The first-order chi connectivity index (χ1) is 5.70. The summed E-state index contributed by atoms with van der Waals surface area (Å²) in [5, 5.41) is 13.7. The Morgan fingerprint density at radius 3 is 2.83 bits per heavy atom. The summed E-state index contributed by atoms with van der Waals surface area (Å²) >= 11 is 0. The summed E-state index contributed by atoms with van der Waals surface area (Å²) in [4.78, 5) is 21.2. The molecule has 1 atom stereocenters. The van der Waals surface area contributed by atoms with Gasteiger partial charge in [-0.3, -0.25) is 9.59 Å². The number of amides is 1. The number of carbonyl (C=O) groups is 2. The molecule has 5 heteroatoms. The van der Waals surface area contributed by atoms with Crippen LogP contribution < -0.4 is 10.6 Å². The average molecular weight is 172 g/mol. The molecule has 1 fully saturated rings. The van der Waals surface area contributed by atoms with Gasteiger partial charge in [0.1, 0.15) is 6.54 Å². The van der Waals surface area contributed by atoms with Crippen molar-refractivity contribution in [2.45, 2.75) is 6.42 Å². The van der Waals surface area contributed by atoms with Crippen molar-refractivity contribution in [3.8, 4) is 0 Å². The zero-order chi connectivity index (χ0) is 8.97. The molecule has 0 saturated carbocycles. The first-order valence-electron chi connectivity index (χ1n) is 3.90. The molecule has 1 aliphatic rings. The van der Waals surface area contributed by atoms with Crippen molar-refractivity contribution >= 4 is 11.9 Å². The van der Waals surface area contributed by atoms with Gasteiger partial charge in [0.05, 0.1) is 5.92 Å². The fraction of sp³-hybridized carbons (Fsp3) is 0.714. The fourth-order valence-electron chi connectivity index (χ4n) is 1.19. The summed E-state index contributed by atoms with van der Waals surface area (Å²) in [6.07, 6.45) is 0.797. The van der Waals surface area contributed by atoms with E-state index in [2.05, 4.69) is 10.6 Å². The van der Waals surface area contributed by atoms with Gasteiger partial charge in [0.15, 0.2) is 0 Å². The average Bonchev–Trinajstić information content (AvgIpc) is 2.51. The van der Waals surface area contributed by atoms with Crippen molar-refractivity contribution in [2.75, 3.05) is 19.6 Å². The van der Waals surface area contributed by atoms with E-state index in [0.29, 0.717) is 6.54 Å². The van der Waals surface area contributed by atoms with Gasteiger partial charge in [-0.15, -0.1) is 0 Å². The molecule has 1 saturated heterocycles. The molecule has 1 heterocycles. The molecular formula is C7H12N2O3. The van der Waals surface area contributed by atoms with Gasteiger partial charge in [0.2, 0.25) is 5.91 Å². The van der Waals surface area contributed by atoms with E-state index >= 15 is 0 Å². The summed E-state index contributed by atoms with van der Waals surface area (Å²) in [7, 11) is 0. The molecule has 1 rings (SSSR count). The second-order valence-corrected chi connectivity index (χ2v) is 2.80. The molecule has 5 nitrogen and oxygen atoms in total. The molecule has 1 aliphatic heterocycles. The Labute approximate surface area is 70.1 Å². The zero-order valence-corrected chi connectivity index (χ0v) is 6.67. The Morgan fingerprint density at radius 2 is 2.33 bits per heavy atom. The molecule has 0 aromatic carbocycles. The highest BCUT2D eigenvalue weighted by Gasteiger charge is 2.22. The number of hydrogen-bond donors (Lipinski definition) is 3. The van der Waals surface area contributed by atoms with Crippen LogP contribution in [0, 0.1) is 5.92 Å². The van der Waals surface area contributed by atoms with Crippen LogP contribution in [0.5, 0.6) is 0 Å². The van der Waals surface area contributed by atoms with Crippen LogP contribution in [-0.4, -0.2) is 36.6 Å². The Morgan fingerprint density at radius 1 is 1.58 bits per heavy atom. The quantitative estimate of drug-likeness (QED) is 0.499. The predicted octanol–water partition coefficient (Wildman–Crippen LogP) is -1.20. The van der Waals surface area contributed by atoms with Crippen molar-refractivity contribution in [3.63, 3.8) is 0 Å². The van der Waals surface area contributed by atoms with Gasteiger partial charge in [-0.1, -0.05) is 0 Å². The Hall–Kier alpha value is -1.10. The summed E-state index contributed by atoms with van der Waals surface area (Å²) in [6.45, 7) is 1.21. The molecule has 1 unspecified atom stereocenters. The largest absolute Gasteiger partial charge is 0.480 e. The van der Waals surface area contributed by atoms with E-state index in [9.17, 15) is 9.59 Å². The van der Waals surface area contributed by atoms with E-state index in [1.54, 1.807) is 0 Å². The van der Waals surface area contributed by atoms with Crippen molar-refractivity contribution < 1.29 is 14.7 Å². The van der Waals surface area contributed by atoms with E-state index in [-0.39, 0.29) is 18.4 Å². The number of carbonyl (C=O) groups excluding carboxylic acids is 1. The fourth-order valence-corrected chi connectivity index (χ4v) is 1.19. The number of carboxylic acids is 1. The highest BCUT2D eigenvalue weighted by Crippen LogP contribution is 2.06. The maximum absolute atomic E-state index is 11.1. The lowest BCUT2D eigenvalue weighted by molar-refractivity contribution is -0.138. The van der Waals surface area contributed by atoms with Crippen LogP contribution >= 0.6 is 0 Å². The third kappa shape index (κ3) is 2.50. The molecule has 0 aliphatic carbocycles. The smallest absolute Gasteiger partial charge is 0.322 e. The zero-order valence-electron chi connectivity index (χ0n) is 6.67. The van der Waals surface area contributed by atoms with Gasteiger partial charge in [-0.2, -0.15) is 0 Å². The normalized spacial score (nSPS) is 22.2. The van der Waals surface area contributed by atoms with Gasteiger partial charge in [0.25, 0.3) is 0 Å². The standard InChI is InChI=1S/C7H12N2O3/c10-6(11)4-9-7(12)5-1-2-8-3-5/h5,8H,1-4H2,(H,9,12)(H,10,11). The van der Waals surface area contributed by atoms with Crippen LogP contribution in [0.1, 0.15) is 6.42 Å². The third-order valence-corrected chi connectivity index (χ3v) is 1.84.